The number of nitrogens with one attached hydrogen (secondary N) is 1. The number of nitrogens with zero attached hydrogens (tertiary/aromatic N) is 3. The molecule has 3 heterocycles. The molecule has 2 amide bonds. The Balaban J connectivity index is 1.83. The largest absolute Gasteiger partial charge is 0.361 e. The van der Waals surface area contributed by atoms with Crippen molar-refractivity contribution in [2.45, 2.75) is 45.1 Å². The van der Waals surface area contributed by atoms with Crippen LogP contribution in [0.2, 0.25) is 0 Å². The highest BCUT2D eigenvalue weighted by molar-refractivity contribution is 5.96. The number of carbonyl (C=O) groups is 2. The van der Waals surface area contributed by atoms with Gasteiger partial charge in [0.2, 0.25) is 5.91 Å². The summed E-state index contributed by atoms with van der Waals surface area (Å²) in [7, 11) is 2.10. The van der Waals surface area contributed by atoms with Crippen LogP contribution in [0.4, 0.5) is 0 Å². The van der Waals surface area contributed by atoms with Crippen molar-refractivity contribution in [3.8, 4) is 0 Å². The van der Waals surface area contributed by atoms with Crippen molar-refractivity contribution in [1.29, 1.82) is 0 Å². The van der Waals surface area contributed by atoms with Crippen LogP contribution in [0.25, 0.3) is 0 Å². The summed E-state index contributed by atoms with van der Waals surface area (Å²) in [4.78, 5) is 29.0. The maximum atomic E-state index is 13.1. The molecule has 0 aromatic carbocycles. The fourth-order valence-corrected chi connectivity index (χ4v) is 3.86. The molecule has 2 aliphatic heterocycles. The Morgan fingerprint density at radius 3 is 2.92 bits per heavy atom. The molecule has 1 atom stereocenters. The van der Waals surface area contributed by atoms with Gasteiger partial charge in [-0.05, 0) is 33.2 Å². The van der Waals surface area contributed by atoms with Gasteiger partial charge in [0.15, 0.2) is 0 Å². The lowest BCUT2D eigenvalue weighted by Gasteiger charge is -2.49. The van der Waals surface area contributed by atoms with Crippen molar-refractivity contribution < 1.29 is 14.1 Å². The fraction of sp³-hybridized carbons (Fsp3) is 0.706. The summed E-state index contributed by atoms with van der Waals surface area (Å²) in [5.74, 6) is 0.691. The minimum Gasteiger partial charge on any atom is -0.361 e. The molecule has 0 saturated carbocycles. The Hall–Kier alpha value is -1.89. The third kappa shape index (κ3) is 2.92. The Morgan fingerprint density at radius 1 is 1.38 bits per heavy atom. The van der Waals surface area contributed by atoms with Crippen LogP contribution >= 0.6 is 0 Å². The van der Waals surface area contributed by atoms with Crippen molar-refractivity contribution in [2.75, 3.05) is 33.2 Å². The van der Waals surface area contributed by atoms with Crippen molar-refractivity contribution in [3.05, 3.63) is 17.0 Å². The quantitative estimate of drug-likeness (QED) is 0.872. The number of rotatable bonds is 2. The number of hydrogen-bond acceptors (Lipinski definition) is 5. The van der Waals surface area contributed by atoms with E-state index in [2.05, 4.69) is 22.4 Å². The second-order valence-electron chi connectivity index (χ2n) is 6.89. The lowest BCUT2D eigenvalue weighted by Crippen LogP contribution is -2.62. The van der Waals surface area contributed by atoms with E-state index in [0.717, 1.165) is 25.1 Å². The van der Waals surface area contributed by atoms with Gasteiger partial charge in [-0.25, -0.2) is 0 Å². The van der Waals surface area contributed by atoms with E-state index in [1.165, 1.54) is 0 Å². The highest BCUT2D eigenvalue weighted by atomic mass is 16.5. The second kappa shape index (κ2) is 6.55. The Labute approximate surface area is 142 Å². The van der Waals surface area contributed by atoms with E-state index < -0.39 is 0 Å². The van der Waals surface area contributed by atoms with Crippen LogP contribution in [0.15, 0.2) is 4.52 Å². The molecule has 1 N–H and O–H groups in total. The van der Waals surface area contributed by atoms with E-state index in [-0.39, 0.29) is 17.4 Å². The monoisotopic (exact) mass is 334 g/mol. The average Bonchev–Trinajstić information content (AvgIpc) is 2.84. The molecule has 0 radical (unpaired) electrons. The van der Waals surface area contributed by atoms with Crippen LogP contribution in [-0.2, 0) is 11.2 Å². The summed E-state index contributed by atoms with van der Waals surface area (Å²) in [5.41, 5.74) is 1.20. The number of aromatic nitrogens is 1. The number of likely N-dealkylation sites (N-methyl/N-ethyl adjacent to an activating group) is 1. The third-order valence-electron chi connectivity index (χ3n) is 5.50. The molecular weight excluding hydrogens is 308 g/mol. The summed E-state index contributed by atoms with van der Waals surface area (Å²) in [6.07, 6.45) is 2.83. The van der Waals surface area contributed by atoms with Gasteiger partial charge in [0.1, 0.15) is 11.3 Å². The summed E-state index contributed by atoms with van der Waals surface area (Å²) in [5, 5.41) is 6.95. The summed E-state index contributed by atoms with van der Waals surface area (Å²) >= 11 is 0. The van der Waals surface area contributed by atoms with Crippen molar-refractivity contribution in [2.24, 2.45) is 0 Å². The van der Waals surface area contributed by atoms with E-state index in [9.17, 15) is 9.59 Å². The van der Waals surface area contributed by atoms with Gasteiger partial charge in [-0.15, -0.1) is 0 Å². The molecule has 24 heavy (non-hydrogen) atoms. The summed E-state index contributed by atoms with van der Waals surface area (Å²) in [6.45, 7) is 6.57. The maximum Gasteiger partial charge on any atom is 0.259 e. The van der Waals surface area contributed by atoms with Gasteiger partial charge in [-0.3, -0.25) is 14.5 Å². The smallest absolute Gasteiger partial charge is 0.259 e. The standard InChI is InChI=1S/C17H26N4O3/c1-4-13-15(12(2)24-19-13)16(23)21-10-9-20(3)17(11-21)6-5-14(22)18-8-7-17/h4-11H2,1-3H3,(H,18,22). The zero-order valence-corrected chi connectivity index (χ0v) is 14.7. The Morgan fingerprint density at radius 2 is 2.17 bits per heavy atom. The van der Waals surface area contributed by atoms with Crippen molar-refractivity contribution in [3.63, 3.8) is 0 Å². The molecule has 1 aromatic heterocycles. The molecule has 7 nitrogen and oxygen atoms in total. The number of amides is 2. The number of piperazine rings is 1. The predicted molar refractivity (Wildman–Crippen MR) is 88.7 cm³/mol. The third-order valence-corrected chi connectivity index (χ3v) is 5.50. The maximum absolute atomic E-state index is 13.1. The highest BCUT2D eigenvalue weighted by Gasteiger charge is 2.42. The molecule has 1 aromatic rings. The minimum absolute atomic E-state index is 0.00149. The van der Waals surface area contributed by atoms with Crippen molar-refractivity contribution >= 4 is 11.8 Å². The first-order valence-electron chi connectivity index (χ1n) is 8.69. The van der Waals surface area contributed by atoms with E-state index in [0.29, 0.717) is 43.8 Å². The van der Waals surface area contributed by atoms with Crippen LogP contribution < -0.4 is 5.32 Å². The van der Waals surface area contributed by atoms with Gasteiger partial charge < -0.3 is 14.7 Å². The van der Waals surface area contributed by atoms with E-state index >= 15 is 0 Å². The topological polar surface area (TPSA) is 78.7 Å². The predicted octanol–water partition coefficient (Wildman–Crippen LogP) is 0.972. The normalized spacial score (nSPS) is 25.6. The lowest BCUT2D eigenvalue weighted by atomic mass is 9.86. The van der Waals surface area contributed by atoms with Crippen LogP contribution in [0, 0.1) is 6.92 Å². The van der Waals surface area contributed by atoms with Gasteiger partial charge in [0.25, 0.3) is 5.91 Å². The van der Waals surface area contributed by atoms with Gasteiger partial charge in [0, 0.05) is 38.1 Å². The van der Waals surface area contributed by atoms with E-state index in [1.54, 1.807) is 6.92 Å². The molecular formula is C17H26N4O3. The van der Waals surface area contributed by atoms with E-state index in [1.807, 2.05) is 11.8 Å². The van der Waals surface area contributed by atoms with Gasteiger partial charge >= 0.3 is 0 Å². The first kappa shape index (κ1) is 17.0. The number of carbonyl (C=O) groups excluding carboxylic acids is 2. The molecule has 7 heteroatoms. The minimum atomic E-state index is -0.134. The SMILES string of the molecule is CCc1noc(C)c1C(=O)N1CCN(C)C2(CCNC(=O)CC2)C1. The van der Waals surface area contributed by atoms with Crippen LogP contribution in [-0.4, -0.2) is 65.5 Å². The number of aryl methyl sites for hydroxylation is 2. The van der Waals surface area contributed by atoms with E-state index in [4.69, 9.17) is 4.52 Å². The summed E-state index contributed by atoms with van der Waals surface area (Å²) < 4.78 is 5.23. The fourth-order valence-electron chi connectivity index (χ4n) is 3.86. The molecule has 3 rings (SSSR count). The summed E-state index contributed by atoms with van der Waals surface area (Å²) in [6, 6.07) is 0. The number of hydrogen-bond donors (Lipinski definition) is 1. The second-order valence-corrected chi connectivity index (χ2v) is 6.89. The first-order valence-corrected chi connectivity index (χ1v) is 8.69. The Bertz CT molecular complexity index is 642. The molecule has 1 spiro atoms. The molecule has 0 bridgehead atoms. The molecule has 2 saturated heterocycles. The molecule has 2 fully saturated rings. The zero-order valence-electron chi connectivity index (χ0n) is 14.7. The molecule has 2 aliphatic rings. The zero-order chi connectivity index (χ0) is 17.3. The van der Waals surface area contributed by atoms with Crippen LogP contribution in [0.5, 0.6) is 0 Å². The first-order chi connectivity index (χ1) is 11.5. The molecule has 132 valence electrons. The lowest BCUT2D eigenvalue weighted by molar-refractivity contribution is -0.121. The van der Waals surface area contributed by atoms with Crippen LogP contribution in [0.1, 0.15) is 48.0 Å². The molecule has 0 aliphatic carbocycles. The van der Waals surface area contributed by atoms with Gasteiger partial charge in [0.05, 0.1) is 5.69 Å². The Kier molecular flexibility index (Phi) is 4.62. The van der Waals surface area contributed by atoms with Crippen molar-refractivity contribution in [1.82, 2.24) is 20.3 Å². The van der Waals surface area contributed by atoms with Crippen LogP contribution in [0.3, 0.4) is 0 Å². The highest BCUT2D eigenvalue weighted by Crippen LogP contribution is 2.31. The molecule has 1 unspecified atom stereocenters. The average molecular weight is 334 g/mol. The van der Waals surface area contributed by atoms with Gasteiger partial charge in [-0.2, -0.15) is 0 Å². The van der Waals surface area contributed by atoms with Gasteiger partial charge in [-0.1, -0.05) is 12.1 Å².